The Balaban J connectivity index is 1.61. The van der Waals surface area contributed by atoms with Gasteiger partial charge in [0.15, 0.2) is 5.16 Å². The van der Waals surface area contributed by atoms with Gasteiger partial charge in [-0.1, -0.05) is 30.0 Å². The van der Waals surface area contributed by atoms with Crippen LogP contribution < -0.4 is 5.32 Å². The number of aryl methyl sites for hydroxylation is 2. The highest BCUT2D eigenvalue weighted by Gasteiger charge is 2.17. The van der Waals surface area contributed by atoms with E-state index in [9.17, 15) is 4.79 Å². The first kappa shape index (κ1) is 17.7. The molecule has 1 amide bonds. The first-order valence-electron chi connectivity index (χ1n) is 9.04. The van der Waals surface area contributed by atoms with Crippen LogP contribution in [0.2, 0.25) is 0 Å². The highest BCUT2D eigenvalue weighted by atomic mass is 32.2. The topological polar surface area (TPSA) is 51.9 Å². The third kappa shape index (κ3) is 3.21. The third-order valence-corrected chi connectivity index (χ3v) is 5.96. The van der Waals surface area contributed by atoms with Gasteiger partial charge in [-0.2, -0.15) is 0 Å². The molecule has 1 N–H and O–H groups in total. The number of carbonyl (C=O) groups is 1. The van der Waals surface area contributed by atoms with Crippen molar-refractivity contribution in [1.29, 1.82) is 0 Å². The zero-order chi connectivity index (χ0) is 19.0. The average molecular weight is 379 g/mol. The van der Waals surface area contributed by atoms with Crippen LogP contribution in [-0.2, 0) is 18.4 Å². The van der Waals surface area contributed by atoms with E-state index in [1.807, 2.05) is 30.8 Å². The predicted octanol–water partition coefficient (Wildman–Crippen LogP) is 4.67. The number of aromatic nitrogens is 3. The lowest BCUT2D eigenvalue weighted by atomic mass is 10.1. The van der Waals surface area contributed by atoms with Gasteiger partial charge >= 0.3 is 0 Å². The summed E-state index contributed by atoms with van der Waals surface area (Å²) >= 11 is 1.45. The molecule has 2 aromatic heterocycles. The van der Waals surface area contributed by atoms with Crippen molar-refractivity contribution < 1.29 is 4.79 Å². The van der Waals surface area contributed by atoms with Crippen LogP contribution in [0.4, 0.5) is 5.69 Å². The van der Waals surface area contributed by atoms with E-state index in [1.54, 1.807) is 6.20 Å². The standard InChI is InChI=1S/C21H22N4OS/c1-4-25-18-8-6-5-7-16(18)17-13-15(9-10-19(17)25)23-20(26)14(2)27-21-22-11-12-24(21)3/h5-14H,4H2,1-3H3,(H,23,26). The molecule has 4 aromatic rings. The summed E-state index contributed by atoms with van der Waals surface area (Å²) in [6.07, 6.45) is 3.62. The fraction of sp³-hybridized carbons (Fsp3) is 0.238. The normalized spacial score (nSPS) is 12.6. The maximum atomic E-state index is 12.6. The SMILES string of the molecule is CCn1c2ccccc2c2cc(NC(=O)C(C)Sc3nccn3C)ccc21. The Morgan fingerprint density at radius 2 is 1.96 bits per heavy atom. The predicted molar refractivity (Wildman–Crippen MR) is 112 cm³/mol. The van der Waals surface area contributed by atoms with Gasteiger partial charge in [0.05, 0.1) is 5.25 Å². The van der Waals surface area contributed by atoms with E-state index in [0.29, 0.717) is 0 Å². The number of amides is 1. The number of nitrogens with zero attached hydrogens (tertiary/aromatic N) is 3. The molecule has 0 aliphatic rings. The number of nitrogens with one attached hydrogen (secondary N) is 1. The number of carbonyl (C=O) groups excluding carboxylic acids is 1. The van der Waals surface area contributed by atoms with Crippen molar-refractivity contribution in [2.75, 3.05) is 5.32 Å². The Kier molecular flexibility index (Phi) is 4.66. The molecule has 27 heavy (non-hydrogen) atoms. The Hall–Kier alpha value is -2.73. The van der Waals surface area contributed by atoms with Crippen molar-refractivity contribution >= 4 is 45.2 Å². The second-order valence-electron chi connectivity index (χ2n) is 6.56. The maximum absolute atomic E-state index is 12.6. The molecule has 2 aromatic carbocycles. The first-order chi connectivity index (χ1) is 13.1. The molecule has 0 saturated carbocycles. The molecular formula is C21H22N4OS. The first-order valence-corrected chi connectivity index (χ1v) is 9.92. The summed E-state index contributed by atoms with van der Waals surface area (Å²) in [4.78, 5) is 16.9. The van der Waals surface area contributed by atoms with E-state index < -0.39 is 0 Å². The van der Waals surface area contributed by atoms with Crippen LogP contribution in [-0.4, -0.2) is 25.3 Å². The van der Waals surface area contributed by atoms with Crippen LogP contribution in [0.5, 0.6) is 0 Å². The van der Waals surface area contributed by atoms with Gasteiger partial charge in [-0.15, -0.1) is 0 Å². The molecule has 0 aliphatic carbocycles. The van der Waals surface area contributed by atoms with E-state index in [0.717, 1.165) is 22.8 Å². The fourth-order valence-corrected chi connectivity index (χ4v) is 4.22. The lowest BCUT2D eigenvalue weighted by molar-refractivity contribution is -0.115. The minimum Gasteiger partial charge on any atom is -0.341 e. The van der Waals surface area contributed by atoms with E-state index in [-0.39, 0.29) is 11.2 Å². The van der Waals surface area contributed by atoms with Crippen molar-refractivity contribution in [1.82, 2.24) is 14.1 Å². The smallest absolute Gasteiger partial charge is 0.237 e. The van der Waals surface area contributed by atoms with Gasteiger partial charge in [0, 0.05) is 53.5 Å². The number of thioether (sulfide) groups is 1. The summed E-state index contributed by atoms with van der Waals surface area (Å²) in [6, 6.07) is 14.5. The van der Waals surface area contributed by atoms with Gasteiger partial charge in [-0.25, -0.2) is 4.98 Å². The molecule has 0 radical (unpaired) electrons. The van der Waals surface area contributed by atoms with Crippen molar-refractivity contribution in [2.45, 2.75) is 30.8 Å². The maximum Gasteiger partial charge on any atom is 0.237 e. The number of anilines is 1. The molecule has 0 saturated heterocycles. The van der Waals surface area contributed by atoms with E-state index in [2.05, 4.69) is 58.2 Å². The summed E-state index contributed by atoms with van der Waals surface area (Å²) in [5.41, 5.74) is 3.23. The monoisotopic (exact) mass is 378 g/mol. The molecule has 0 aliphatic heterocycles. The van der Waals surface area contributed by atoms with Crippen LogP contribution in [0.15, 0.2) is 60.0 Å². The van der Waals surface area contributed by atoms with Crippen molar-refractivity contribution in [3.63, 3.8) is 0 Å². The quantitative estimate of drug-likeness (QED) is 0.514. The Bertz CT molecular complexity index is 1130. The van der Waals surface area contributed by atoms with Gasteiger partial charge in [-0.3, -0.25) is 4.79 Å². The fourth-order valence-electron chi connectivity index (χ4n) is 3.39. The largest absolute Gasteiger partial charge is 0.341 e. The van der Waals surface area contributed by atoms with Crippen LogP contribution in [0, 0.1) is 0 Å². The van der Waals surface area contributed by atoms with Crippen molar-refractivity contribution in [3.05, 3.63) is 54.9 Å². The lowest BCUT2D eigenvalue weighted by Crippen LogP contribution is -2.22. The number of para-hydroxylation sites is 1. The van der Waals surface area contributed by atoms with Crippen LogP contribution in [0.25, 0.3) is 21.8 Å². The molecule has 1 atom stereocenters. The van der Waals surface area contributed by atoms with Crippen LogP contribution in [0.3, 0.4) is 0 Å². The molecule has 0 fully saturated rings. The molecule has 2 heterocycles. The van der Waals surface area contributed by atoms with E-state index >= 15 is 0 Å². The van der Waals surface area contributed by atoms with Gasteiger partial charge in [0.25, 0.3) is 0 Å². The second-order valence-corrected chi connectivity index (χ2v) is 7.87. The number of hydrogen-bond donors (Lipinski definition) is 1. The summed E-state index contributed by atoms with van der Waals surface area (Å²) in [5, 5.41) is 6.02. The highest BCUT2D eigenvalue weighted by molar-refractivity contribution is 8.00. The van der Waals surface area contributed by atoms with Crippen molar-refractivity contribution in [2.24, 2.45) is 7.05 Å². The molecule has 6 heteroatoms. The zero-order valence-corrected chi connectivity index (χ0v) is 16.5. The molecule has 138 valence electrons. The number of imidazole rings is 1. The summed E-state index contributed by atoms with van der Waals surface area (Å²) in [5.74, 6) is -0.0263. The number of hydrogen-bond acceptors (Lipinski definition) is 3. The van der Waals surface area contributed by atoms with E-state index in [4.69, 9.17) is 0 Å². The highest BCUT2D eigenvalue weighted by Crippen LogP contribution is 2.31. The lowest BCUT2D eigenvalue weighted by Gasteiger charge is -2.12. The minimum absolute atomic E-state index is 0.0263. The molecule has 0 spiro atoms. The average Bonchev–Trinajstić information content (AvgIpc) is 3.22. The van der Waals surface area contributed by atoms with Crippen molar-refractivity contribution in [3.8, 4) is 0 Å². The Labute approximate surface area is 162 Å². The Morgan fingerprint density at radius 1 is 1.19 bits per heavy atom. The van der Waals surface area contributed by atoms with Gasteiger partial charge in [0.2, 0.25) is 5.91 Å². The van der Waals surface area contributed by atoms with Crippen LogP contribution in [0.1, 0.15) is 13.8 Å². The molecule has 1 unspecified atom stereocenters. The van der Waals surface area contributed by atoms with E-state index in [1.165, 1.54) is 28.2 Å². The van der Waals surface area contributed by atoms with Gasteiger partial charge < -0.3 is 14.5 Å². The number of rotatable bonds is 5. The Morgan fingerprint density at radius 3 is 2.70 bits per heavy atom. The second kappa shape index (κ2) is 7.12. The summed E-state index contributed by atoms with van der Waals surface area (Å²) in [7, 11) is 1.93. The molecular weight excluding hydrogens is 356 g/mol. The number of benzene rings is 2. The van der Waals surface area contributed by atoms with Gasteiger partial charge in [0.1, 0.15) is 0 Å². The van der Waals surface area contributed by atoms with Gasteiger partial charge in [-0.05, 0) is 38.1 Å². The minimum atomic E-state index is -0.237. The molecule has 4 rings (SSSR count). The number of fused-ring (bicyclic) bond motifs is 3. The molecule has 5 nitrogen and oxygen atoms in total. The summed E-state index contributed by atoms with van der Waals surface area (Å²) in [6.45, 7) is 4.96. The molecule has 0 bridgehead atoms. The zero-order valence-electron chi connectivity index (χ0n) is 15.6. The van der Waals surface area contributed by atoms with Crippen LogP contribution >= 0.6 is 11.8 Å². The third-order valence-electron chi connectivity index (χ3n) is 4.78. The summed E-state index contributed by atoms with van der Waals surface area (Å²) < 4.78 is 4.22.